The second-order valence-electron chi connectivity index (χ2n) is 7.00. The number of amides is 3. The van der Waals surface area contributed by atoms with Crippen molar-refractivity contribution in [1.82, 2.24) is 10.6 Å². The Morgan fingerprint density at radius 1 is 1.03 bits per heavy atom. The molecule has 1 fully saturated rings. The first-order valence-electron chi connectivity index (χ1n) is 9.43. The van der Waals surface area contributed by atoms with E-state index in [0.29, 0.717) is 24.0 Å². The molecule has 0 radical (unpaired) electrons. The molecule has 2 aromatic carbocycles. The Morgan fingerprint density at radius 2 is 1.72 bits per heavy atom. The van der Waals surface area contributed by atoms with Gasteiger partial charge < -0.3 is 26.8 Å². The Bertz CT molecular complexity index is 815. The summed E-state index contributed by atoms with van der Waals surface area (Å²) in [6.07, 6.45) is 2.24. The van der Waals surface area contributed by atoms with Gasteiger partial charge >= 0.3 is 6.03 Å². The second-order valence-corrected chi connectivity index (χ2v) is 7.00. The third-order valence-corrected chi connectivity index (χ3v) is 4.74. The summed E-state index contributed by atoms with van der Waals surface area (Å²) in [6, 6.07) is 15.4. The molecule has 0 bridgehead atoms. The van der Waals surface area contributed by atoms with E-state index < -0.39 is 12.1 Å². The van der Waals surface area contributed by atoms with Gasteiger partial charge in [-0.2, -0.15) is 0 Å². The fraction of sp³-hybridized carbons (Fsp3) is 0.333. The zero-order valence-corrected chi connectivity index (χ0v) is 16.9. The van der Waals surface area contributed by atoms with E-state index in [4.69, 9.17) is 16.2 Å². The number of hydrogen-bond donors (Lipinski definition) is 4. The van der Waals surface area contributed by atoms with Crippen LogP contribution in [0.2, 0.25) is 0 Å². The fourth-order valence-electron chi connectivity index (χ4n) is 3.16. The molecule has 3 amide bonds. The van der Waals surface area contributed by atoms with Crippen LogP contribution < -0.4 is 26.8 Å². The van der Waals surface area contributed by atoms with Gasteiger partial charge in [-0.05, 0) is 48.6 Å². The summed E-state index contributed by atoms with van der Waals surface area (Å²) in [5, 5.41) is 5.61. The molecule has 29 heavy (non-hydrogen) atoms. The summed E-state index contributed by atoms with van der Waals surface area (Å²) in [5.41, 5.74) is 11.8. The number of urea groups is 1. The van der Waals surface area contributed by atoms with E-state index in [1.54, 1.807) is 6.07 Å². The lowest BCUT2D eigenvalue weighted by molar-refractivity contribution is -0.122. The van der Waals surface area contributed by atoms with Crippen LogP contribution in [-0.2, 0) is 4.79 Å². The molecule has 0 heterocycles. The van der Waals surface area contributed by atoms with Crippen molar-refractivity contribution < 1.29 is 14.3 Å². The number of nitrogens with one attached hydrogen (secondary N) is 2. The Labute approximate surface area is 176 Å². The van der Waals surface area contributed by atoms with Crippen molar-refractivity contribution in [2.24, 2.45) is 17.4 Å². The summed E-state index contributed by atoms with van der Waals surface area (Å²) >= 11 is 0. The van der Waals surface area contributed by atoms with Gasteiger partial charge in [0.1, 0.15) is 11.5 Å². The minimum atomic E-state index is -0.690. The summed E-state index contributed by atoms with van der Waals surface area (Å²) in [7, 11) is 0. The van der Waals surface area contributed by atoms with Crippen LogP contribution in [0, 0.1) is 5.92 Å². The number of ether oxygens (including phenoxy) is 1. The molecule has 0 spiro atoms. The highest BCUT2D eigenvalue weighted by Crippen LogP contribution is 2.32. The largest absolute Gasteiger partial charge is 0.457 e. The number of primary amides is 1. The summed E-state index contributed by atoms with van der Waals surface area (Å²) in [4.78, 5) is 24.0. The van der Waals surface area contributed by atoms with E-state index in [0.717, 1.165) is 18.4 Å². The van der Waals surface area contributed by atoms with E-state index in [2.05, 4.69) is 10.6 Å². The zero-order valence-electron chi connectivity index (χ0n) is 16.0. The van der Waals surface area contributed by atoms with Crippen LogP contribution in [0.15, 0.2) is 54.6 Å². The Morgan fingerprint density at radius 3 is 2.34 bits per heavy atom. The van der Waals surface area contributed by atoms with Crippen LogP contribution in [0.5, 0.6) is 11.5 Å². The van der Waals surface area contributed by atoms with Gasteiger partial charge in [0.2, 0.25) is 5.91 Å². The van der Waals surface area contributed by atoms with Crippen LogP contribution in [0.4, 0.5) is 4.79 Å². The number of hydrogen-bond acceptors (Lipinski definition) is 4. The standard InChI is InChI=1S/C21H26N4O3.ClH/c22-13-19(14-9-10-14)24-20(26)12-18(25-21(23)27)15-5-4-8-17(11-15)28-16-6-2-1-3-7-16;/h1-8,11,14,18-19H,9-10,12-13,22H2,(H,24,26)(H3,23,25,27);1H. The number of benzene rings is 2. The van der Waals surface area contributed by atoms with E-state index in [1.165, 1.54) is 0 Å². The minimum absolute atomic E-state index is 0. The highest BCUT2D eigenvalue weighted by atomic mass is 35.5. The number of rotatable bonds is 9. The number of nitrogens with two attached hydrogens (primary N) is 2. The van der Waals surface area contributed by atoms with Crippen molar-refractivity contribution in [3.63, 3.8) is 0 Å². The summed E-state index contributed by atoms with van der Waals surface area (Å²) in [5.74, 6) is 1.60. The predicted molar refractivity (Wildman–Crippen MR) is 114 cm³/mol. The third-order valence-electron chi connectivity index (χ3n) is 4.74. The molecule has 1 saturated carbocycles. The molecule has 2 aromatic rings. The van der Waals surface area contributed by atoms with Gasteiger partial charge in [0, 0.05) is 12.6 Å². The maximum absolute atomic E-state index is 12.5. The van der Waals surface area contributed by atoms with Crippen molar-refractivity contribution >= 4 is 24.3 Å². The third kappa shape index (κ3) is 6.96. The van der Waals surface area contributed by atoms with Gasteiger partial charge in [-0.15, -0.1) is 12.4 Å². The fourth-order valence-corrected chi connectivity index (χ4v) is 3.16. The number of carbonyl (C=O) groups excluding carboxylic acids is 2. The Balaban J connectivity index is 0.00000300. The normalized spacial score (nSPS) is 14.8. The molecule has 1 aliphatic rings. The highest BCUT2D eigenvalue weighted by Gasteiger charge is 2.31. The lowest BCUT2D eigenvalue weighted by Gasteiger charge is -2.21. The maximum Gasteiger partial charge on any atom is 0.312 e. The SMILES string of the molecule is Cl.NCC(NC(=O)CC(NC(N)=O)c1cccc(Oc2ccccc2)c1)C1CC1. The molecular formula is C21H27ClN4O3. The average Bonchev–Trinajstić information content (AvgIpc) is 3.51. The monoisotopic (exact) mass is 418 g/mol. The summed E-state index contributed by atoms with van der Waals surface area (Å²) in [6.45, 7) is 0.407. The van der Waals surface area contributed by atoms with E-state index >= 15 is 0 Å². The predicted octanol–water partition coefficient (Wildman–Crippen LogP) is 2.85. The minimum Gasteiger partial charge on any atom is -0.457 e. The first-order valence-corrected chi connectivity index (χ1v) is 9.43. The van der Waals surface area contributed by atoms with E-state index in [1.807, 2.05) is 48.5 Å². The van der Waals surface area contributed by atoms with Crippen molar-refractivity contribution in [1.29, 1.82) is 0 Å². The molecular weight excluding hydrogens is 392 g/mol. The lowest BCUT2D eigenvalue weighted by Crippen LogP contribution is -2.43. The molecule has 0 saturated heterocycles. The second kappa shape index (κ2) is 10.7. The maximum atomic E-state index is 12.5. The van der Waals surface area contributed by atoms with Gasteiger partial charge in [0.15, 0.2) is 0 Å². The Hall–Kier alpha value is -2.77. The van der Waals surface area contributed by atoms with Gasteiger partial charge in [-0.1, -0.05) is 30.3 Å². The van der Waals surface area contributed by atoms with Crippen molar-refractivity contribution in [2.75, 3.05) is 6.54 Å². The van der Waals surface area contributed by atoms with Crippen LogP contribution in [0.25, 0.3) is 0 Å². The van der Waals surface area contributed by atoms with Crippen LogP contribution in [0.1, 0.15) is 30.9 Å². The molecule has 1 aliphatic carbocycles. The first-order chi connectivity index (χ1) is 13.5. The smallest absolute Gasteiger partial charge is 0.312 e. The van der Waals surface area contributed by atoms with Gasteiger partial charge in [0.05, 0.1) is 12.5 Å². The molecule has 7 nitrogen and oxygen atoms in total. The van der Waals surface area contributed by atoms with Gasteiger partial charge in [-0.3, -0.25) is 4.79 Å². The zero-order chi connectivity index (χ0) is 19.9. The molecule has 2 unspecified atom stereocenters. The first kappa shape index (κ1) is 22.5. The molecule has 3 rings (SSSR count). The lowest BCUT2D eigenvalue weighted by atomic mass is 10.0. The number of carbonyl (C=O) groups is 2. The van der Waals surface area contributed by atoms with E-state index in [-0.39, 0.29) is 30.8 Å². The van der Waals surface area contributed by atoms with Crippen molar-refractivity contribution in [2.45, 2.75) is 31.3 Å². The van der Waals surface area contributed by atoms with Crippen LogP contribution in [0.3, 0.4) is 0 Å². The molecule has 156 valence electrons. The topological polar surface area (TPSA) is 119 Å². The molecule has 0 aromatic heterocycles. The molecule has 2 atom stereocenters. The van der Waals surface area contributed by atoms with Crippen molar-refractivity contribution in [3.8, 4) is 11.5 Å². The molecule has 8 heteroatoms. The van der Waals surface area contributed by atoms with Crippen molar-refractivity contribution in [3.05, 3.63) is 60.2 Å². The molecule has 0 aliphatic heterocycles. The van der Waals surface area contributed by atoms with Gasteiger partial charge in [-0.25, -0.2) is 4.79 Å². The highest BCUT2D eigenvalue weighted by molar-refractivity contribution is 5.85. The summed E-state index contributed by atoms with van der Waals surface area (Å²) < 4.78 is 5.84. The Kier molecular flexibility index (Phi) is 8.30. The quantitative estimate of drug-likeness (QED) is 0.500. The average molecular weight is 419 g/mol. The number of halogens is 1. The molecule has 6 N–H and O–H groups in total. The van der Waals surface area contributed by atoms with E-state index in [9.17, 15) is 9.59 Å². The van der Waals surface area contributed by atoms with Crippen LogP contribution in [-0.4, -0.2) is 24.5 Å². The van der Waals surface area contributed by atoms with Gasteiger partial charge in [0.25, 0.3) is 0 Å². The number of para-hydroxylation sites is 1. The van der Waals surface area contributed by atoms with Crippen LogP contribution >= 0.6 is 12.4 Å².